The van der Waals surface area contributed by atoms with Gasteiger partial charge in [0.15, 0.2) is 0 Å². The highest BCUT2D eigenvalue weighted by Gasteiger charge is 2.09. The molecule has 1 heterocycles. The molecule has 0 aromatic carbocycles. The second kappa shape index (κ2) is 7.72. The maximum absolute atomic E-state index is 4.50. The molecular formula is C14H24N2S. The van der Waals surface area contributed by atoms with E-state index < -0.39 is 0 Å². The summed E-state index contributed by atoms with van der Waals surface area (Å²) in [7, 11) is 0. The van der Waals surface area contributed by atoms with Gasteiger partial charge in [0, 0.05) is 18.0 Å². The van der Waals surface area contributed by atoms with Crippen molar-refractivity contribution in [3.8, 4) is 0 Å². The molecule has 1 atom stereocenters. The molecule has 1 N–H and O–H groups in total. The number of hydrogen-bond donors (Lipinski definition) is 1. The molecule has 17 heavy (non-hydrogen) atoms. The zero-order valence-corrected chi connectivity index (χ0v) is 12.2. The molecule has 2 nitrogen and oxygen atoms in total. The SMILES string of the molecule is CCCNCc1ccc(SC(C)C(C)C)nc1. The summed E-state index contributed by atoms with van der Waals surface area (Å²) in [4.78, 5) is 4.50. The van der Waals surface area contributed by atoms with E-state index in [2.05, 4.69) is 50.1 Å². The molecule has 1 unspecified atom stereocenters. The topological polar surface area (TPSA) is 24.9 Å². The molecule has 1 aromatic heterocycles. The van der Waals surface area contributed by atoms with Crippen LogP contribution >= 0.6 is 11.8 Å². The van der Waals surface area contributed by atoms with Gasteiger partial charge in [0.25, 0.3) is 0 Å². The lowest BCUT2D eigenvalue weighted by atomic mass is 10.2. The standard InChI is InChI=1S/C14H24N2S/c1-5-8-15-9-13-6-7-14(16-10-13)17-12(4)11(2)3/h6-7,10-12,15H,5,8-9H2,1-4H3. The van der Waals surface area contributed by atoms with Crippen LogP contribution in [0.1, 0.15) is 39.7 Å². The van der Waals surface area contributed by atoms with Gasteiger partial charge in [-0.2, -0.15) is 0 Å². The number of pyridine rings is 1. The van der Waals surface area contributed by atoms with Gasteiger partial charge in [0.05, 0.1) is 5.03 Å². The van der Waals surface area contributed by atoms with Crippen LogP contribution in [0.15, 0.2) is 23.4 Å². The van der Waals surface area contributed by atoms with Crippen molar-refractivity contribution in [2.24, 2.45) is 5.92 Å². The lowest BCUT2D eigenvalue weighted by molar-refractivity contribution is 0.641. The summed E-state index contributed by atoms with van der Waals surface area (Å²) >= 11 is 1.86. The van der Waals surface area contributed by atoms with E-state index in [9.17, 15) is 0 Å². The first-order chi connectivity index (χ1) is 8.13. The highest BCUT2D eigenvalue weighted by Crippen LogP contribution is 2.25. The molecule has 0 saturated carbocycles. The number of thioether (sulfide) groups is 1. The van der Waals surface area contributed by atoms with Gasteiger partial charge in [-0.1, -0.05) is 33.8 Å². The monoisotopic (exact) mass is 252 g/mol. The third-order valence-corrected chi connectivity index (χ3v) is 4.20. The summed E-state index contributed by atoms with van der Waals surface area (Å²) in [5.41, 5.74) is 1.26. The number of hydrogen-bond acceptors (Lipinski definition) is 3. The maximum Gasteiger partial charge on any atom is 0.0962 e. The fraction of sp³-hybridized carbons (Fsp3) is 0.643. The van der Waals surface area contributed by atoms with Crippen molar-refractivity contribution in [2.45, 2.75) is 50.9 Å². The Morgan fingerprint density at radius 3 is 2.59 bits per heavy atom. The summed E-state index contributed by atoms with van der Waals surface area (Å²) in [6, 6.07) is 4.30. The number of nitrogens with one attached hydrogen (secondary N) is 1. The van der Waals surface area contributed by atoms with Crippen LogP contribution in [0.3, 0.4) is 0 Å². The van der Waals surface area contributed by atoms with Crippen LogP contribution in [-0.4, -0.2) is 16.8 Å². The quantitative estimate of drug-likeness (QED) is 0.591. The van der Waals surface area contributed by atoms with Crippen molar-refractivity contribution in [3.63, 3.8) is 0 Å². The Morgan fingerprint density at radius 1 is 1.29 bits per heavy atom. The summed E-state index contributed by atoms with van der Waals surface area (Å²) in [6.07, 6.45) is 3.16. The van der Waals surface area contributed by atoms with Crippen LogP contribution in [0, 0.1) is 5.92 Å². The van der Waals surface area contributed by atoms with Crippen LogP contribution < -0.4 is 5.32 Å². The van der Waals surface area contributed by atoms with E-state index in [1.807, 2.05) is 18.0 Å². The van der Waals surface area contributed by atoms with E-state index in [0.717, 1.165) is 18.1 Å². The second-order valence-corrected chi connectivity index (χ2v) is 6.15. The molecule has 0 fully saturated rings. The van der Waals surface area contributed by atoms with E-state index in [0.29, 0.717) is 11.2 Å². The highest BCUT2D eigenvalue weighted by atomic mass is 32.2. The van der Waals surface area contributed by atoms with E-state index in [1.54, 1.807) is 0 Å². The molecule has 0 spiro atoms. The zero-order chi connectivity index (χ0) is 12.7. The van der Waals surface area contributed by atoms with Crippen LogP contribution in [0.2, 0.25) is 0 Å². The fourth-order valence-electron chi connectivity index (χ4n) is 1.32. The van der Waals surface area contributed by atoms with Crippen LogP contribution in [0.5, 0.6) is 0 Å². The van der Waals surface area contributed by atoms with Crippen molar-refractivity contribution >= 4 is 11.8 Å². The normalized spacial score (nSPS) is 13.0. The largest absolute Gasteiger partial charge is 0.313 e. The number of rotatable bonds is 7. The van der Waals surface area contributed by atoms with E-state index in [1.165, 1.54) is 12.0 Å². The third kappa shape index (κ3) is 5.55. The fourth-order valence-corrected chi connectivity index (χ4v) is 2.23. The zero-order valence-electron chi connectivity index (χ0n) is 11.4. The first-order valence-electron chi connectivity index (χ1n) is 6.45. The predicted molar refractivity (Wildman–Crippen MR) is 76.4 cm³/mol. The highest BCUT2D eigenvalue weighted by molar-refractivity contribution is 7.99. The second-order valence-electron chi connectivity index (χ2n) is 4.75. The lowest BCUT2D eigenvalue weighted by Gasteiger charge is -2.14. The lowest BCUT2D eigenvalue weighted by Crippen LogP contribution is -2.13. The van der Waals surface area contributed by atoms with Crippen molar-refractivity contribution in [2.75, 3.05) is 6.54 Å². The Labute approximate surface area is 110 Å². The van der Waals surface area contributed by atoms with E-state index >= 15 is 0 Å². The van der Waals surface area contributed by atoms with Crippen molar-refractivity contribution in [1.29, 1.82) is 0 Å². The minimum Gasteiger partial charge on any atom is -0.313 e. The molecule has 96 valence electrons. The van der Waals surface area contributed by atoms with E-state index in [4.69, 9.17) is 0 Å². The van der Waals surface area contributed by atoms with Gasteiger partial charge in [-0.15, -0.1) is 11.8 Å². The molecule has 0 aliphatic carbocycles. The minimum atomic E-state index is 0.617. The molecule has 0 aliphatic rings. The van der Waals surface area contributed by atoms with Crippen molar-refractivity contribution in [3.05, 3.63) is 23.9 Å². The van der Waals surface area contributed by atoms with Gasteiger partial charge >= 0.3 is 0 Å². The molecular weight excluding hydrogens is 228 g/mol. The Bertz CT molecular complexity index is 309. The summed E-state index contributed by atoms with van der Waals surface area (Å²) in [6.45, 7) is 10.9. The first kappa shape index (κ1) is 14.5. The maximum atomic E-state index is 4.50. The Hall–Kier alpha value is -0.540. The van der Waals surface area contributed by atoms with Gasteiger partial charge in [-0.3, -0.25) is 0 Å². The Morgan fingerprint density at radius 2 is 2.06 bits per heavy atom. The summed E-state index contributed by atoms with van der Waals surface area (Å²) in [5.74, 6) is 0.688. The number of nitrogens with zero attached hydrogens (tertiary/aromatic N) is 1. The Balaban J connectivity index is 2.44. The van der Waals surface area contributed by atoms with Gasteiger partial charge in [-0.25, -0.2) is 4.98 Å². The molecule has 0 saturated heterocycles. The molecule has 0 amide bonds. The summed E-state index contributed by atoms with van der Waals surface area (Å²) < 4.78 is 0. The first-order valence-corrected chi connectivity index (χ1v) is 7.33. The molecule has 0 radical (unpaired) electrons. The Kier molecular flexibility index (Phi) is 6.60. The molecule has 1 aromatic rings. The van der Waals surface area contributed by atoms with Gasteiger partial charge < -0.3 is 5.32 Å². The average molecular weight is 252 g/mol. The van der Waals surface area contributed by atoms with E-state index in [-0.39, 0.29) is 0 Å². The van der Waals surface area contributed by atoms with Gasteiger partial charge in [0.1, 0.15) is 0 Å². The number of aromatic nitrogens is 1. The molecule has 0 bridgehead atoms. The minimum absolute atomic E-state index is 0.617. The molecule has 0 aliphatic heterocycles. The van der Waals surface area contributed by atoms with Gasteiger partial charge in [0.2, 0.25) is 0 Å². The van der Waals surface area contributed by atoms with Crippen LogP contribution in [0.4, 0.5) is 0 Å². The molecule has 3 heteroatoms. The smallest absolute Gasteiger partial charge is 0.0962 e. The van der Waals surface area contributed by atoms with Crippen molar-refractivity contribution < 1.29 is 0 Å². The van der Waals surface area contributed by atoms with Gasteiger partial charge in [-0.05, 0) is 30.5 Å². The van der Waals surface area contributed by atoms with Crippen LogP contribution in [0.25, 0.3) is 0 Å². The summed E-state index contributed by atoms with van der Waals surface area (Å²) in [5, 5.41) is 5.13. The average Bonchev–Trinajstić information content (AvgIpc) is 2.31. The van der Waals surface area contributed by atoms with Crippen LogP contribution in [-0.2, 0) is 6.54 Å². The predicted octanol–water partition coefficient (Wildman–Crippen LogP) is 3.72. The van der Waals surface area contributed by atoms with Crippen molar-refractivity contribution in [1.82, 2.24) is 10.3 Å². The third-order valence-electron chi connectivity index (χ3n) is 2.80. The molecule has 1 rings (SSSR count).